The Hall–Kier alpha value is -2.95. The van der Waals surface area contributed by atoms with Gasteiger partial charge in [-0.05, 0) is 18.1 Å². The summed E-state index contributed by atoms with van der Waals surface area (Å²) in [6.07, 6.45) is 0.892. The number of nitrogens with one attached hydrogen (secondary N) is 2. The molecule has 0 atom stereocenters. The van der Waals surface area contributed by atoms with E-state index >= 15 is 0 Å². The van der Waals surface area contributed by atoms with Crippen LogP contribution in [0.2, 0.25) is 0 Å². The fourth-order valence-corrected chi connectivity index (χ4v) is 2.26. The smallest absolute Gasteiger partial charge is 0.279 e. The second-order valence-corrected chi connectivity index (χ2v) is 4.85. The zero-order valence-electron chi connectivity index (χ0n) is 12.2. The number of H-pyrrole nitrogens is 1. The molecule has 0 spiro atoms. The standard InChI is InChI=1S/C17H16N4O/c1-2-12-8-6-7-11-14(12)18-17-19-16(22)15(20-21-17)13-9-4-3-5-10-13/h3-11H,2H2,1H3,(H2,18,19,21,22). The van der Waals surface area contributed by atoms with Gasteiger partial charge in [-0.1, -0.05) is 55.5 Å². The lowest BCUT2D eigenvalue weighted by atomic mass is 10.1. The Kier molecular flexibility index (Phi) is 3.96. The summed E-state index contributed by atoms with van der Waals surface area (Å²) < 4.78 is 0. The third kappa shape index (κ3) is 2.88. The van der Waals surface area contributed by atoms with E-state index in [2.05, 4.69) is 27.4 Å². The molecule has 0 saturated carbocycles. The van der Waals surface area contributed by atoms with Gasteiger partial charge in [-0.15, -0.1) is 10.2 Å². The van der Waals surface area contributed by atoms with Crippen molar-refractivity contribution in [2.75, 3.05) is 5.32 Å². The van der Waals surface area contributed by atoms with Crippen molar-refractivity contribution in [3.05, 3.63) is 70.5 Å². The Balaban J connectivity index is 1.91. The minimum absolute atomic E-state index is 0.266. The summed E-state index contributed by atoms with van der Waals surface area (Å²) in [6.45, 7) is 2.08. The molecule has 0 saturated heterocycles. The van der Waals surface area contributed by atoms with Crippen LogP contribution in [0, 0.1) is 0 Å². The Morgan fingerprint density at radius 1 is 1.00 bits per heavy atom. The van der Waals surface area contributed by atoms with Crippen molar-refractivity contribution < 1.29 is 0 Å². The van der Waals surface area contributed by atoms with Crippen molar-refractivity contribution in [2.45, 2.75) is 13.3 Å². The van der Waals surface area contributed by atoms with Gasteiger partial charge < -0.3 is 5.32 Å². The highest BCUT2D eigenvalue weighted by atomic mass is 16.1. The maximum atomic E-state index is 12.2. The van der Waals surface area contributed by atoms with Crippen molar-refractivity contribution in [1.29, 1.82) is 0 Å². The van der Waals surface area contributed by atoms with Gasteiger partial charge >= 0.3 is 0 Å². The van der Waals surface area contributed by atoms with E-state index in [1.54, 1.807) is 0 Å². The van der Waals surface area contributed by atoms with Crippen LogP contribution in [0.15, 0.2) is 59.4 Å². The quantitative estimate of drug-likeness (QED) is 0.775. The lowest BCUT2D eigenvalue weighted by Gasteiger charge is -2.09. The van der Waals surface area contributed by atoms with E-state index < -0.39 is 0 Å². The first-order chi connectivity index (χ1) is 10.8. The van der Waals surface area contributed by atoms with E-state index in [1.807, 2.05) is 54.6 Å². The van der Waals surface area contributed by atoms with Crippen LogP contribution in [0.3, 0.4) is 0 Å². The molecule has 0 bridgehead atoms. The van der Waals surface area contributed by atoms with Crippen LogP contribution >= 0.6 is 0 Å². The summed E-state index contributed by atoms with van der Waals surface area (Å²) in [7, 11) is 0. The number of aromatic nitrogens is 3. The number of rotatable bonds is 4. The summed E-state index contributed by atoms with van der Waals surface area (Å²) in [4.78, 5) is 14.9. The molecule has 110 valence electrons. The maximum Gasteiger partial charge on any atom is 0.279 e. The first-order valence-corrected chi connectivity index (χ1v) is 7.15. The highest BCUT2D eigenvalue weighted by Gasteiger charge is 2.08. The summed E-state index contributed by atoms with van der Waals surface area (Å²) in [5, 5.41) is 11.2. The summed E-state index contributed by atoms with van der Waals surface area (Å²) in [5.74, 6) is 0.339. The Morgan fingerprint density at radius 2 is 1.73 bits per heavy atom. The molecule has 0 radical (unpaired) electrons. The van der Waals surface area contributed by atoms with Gasteiger partial charge in [-0.25, -0.2) is 0 Å². The zero-order valence-corrected chi connectivity index (χ0v) is 12.2. The van der Waals surface area contributed by atoms with Crippen molar-refractivity contribution in [3.8, 4) is 11.3 Å². The van der Waals surface area contributed by atoms with Crippen LogP contribution in [0.1, 0.15) is 12.5 Å². The Morgan fingerprint density at radius 3 is 2.45 bits per heavy atom. The summed E-state index contributed by atoms with van der Waals surface area (Å²) in [5.41, 5.74) is 2.86. The minimum Gasteiger partial charge on any atom is -0.324 e. The number of para-hydroxylation sites is 1. The first-order valence-electron chi connectivity index (χ1n) is 7.15. The molecule has 0 fully saturated rings. The molecule has 2 aromatic carbocycles. The molecule has 0 amide bonds. The van der Waals surface area contributed by atoms with Crippen LogP contribution in [0.5, 0.6) is 0 Å². The SMILES string of the molecule is CCc1ccccc1Nc1nnc(-c2ccccc2)c(=O)[nH]1. The predicted molar refractivity (Wildman–Crippen MR) is 87.2 cm³/mol. The van der Waals surface area contributed by atoms with Crippen LogP contribution in [-0.4, -0.2) is 15.2 Å². The Labute approximate surface area is 128 Å². The fourth-order valence-electron chi connectivity index (χ4n) is 2.26. The normalized spacial score (nSPS) is 10.4. The van der Waals surface area contributed by atoms with Gasteiger partial charge in [0.2, 0.25) is 5.95 Å². The highest BCUT2D eigenvalue weighted by molar-refractivity contribution is 5.60. The molecule has 1 heterocycles. The van der Waals surface area contributed by atoms with E-state index in [0.717, 1.165) is 23.2 Å². The molecular weight excluding hydrogens is 276 g/mol. The highest BCUT2D eigenvalue weighted by Crippen LogP contribution is 2.18. The minimum atomic E-state index is -0.266. The second kappa shape index (κ2) is 6.22. The van der Waals surface area contributed by atoms with Gasteiger partial charge in [-0.3, -0.25) is 9.78 Å². The number of hydrogen-bond acceptors (Lipinski definition) is 4. The fraction of sp³-hybridized carbons (Fsp3) is 0.118. The molecule has 0 aliphatic carbocycles. The molecule has 5 heteroatoms. The van der Waals surface area contributed by atoms with Gasteiger partial charge in [-0.2, -0.15) is 0 Å². The summed E-state index contributed by atoms with van der Waals surface area (Å²) >= 11 is 0. The lowest BCUT2D eigenvalue weighted by Crippen LogP contribution is -2.15. The monoisotopic (exact) mass is 292 g/mol. The number of aryl methyl sites for hydroxylation is 1. The second-order valence-electron chi connectivity index (χ2n) is 4.85. The predicted octanol–water partition coefficient (Wildman–Crippen LogP) is 3.14. The lowest BCUT2D eigenvalue weighted by molar-refractivity contribution is 0.960. The average Bonchev–Trinajstić information content (AvgIpc) is 2.56. The van der Waals surface area contributed by atoms with E-state index in [4.69, 9.17) is 0 Å². The van der Waals surface area contributed by atoms with Crippen LogP contribution in [0.25, 0.3) is 11.3 Å². The third-order valence-corrected chi connectivity index (χ3v) is 3.40. The first kappa shape index (κ1) is 14.0. The van der Waals surface area contributed by atoms with E-state index in [0.29, 0.717) is 11.6 Å². The number of hydrogen-bond donors (Lipinski definition) is 2. The molecule has 5 nitrogen and oxygen atoms in total. The molecule has 0 aliphatic rings. The van der Waals surface area contributed by atoms with Crippen molar-refractivity contribution in [1.82, 2.24) is 15.2 Å². The number of benzene rings is 2. The van der Waals surface area contributed by atoms with Gasteiger partial charge in [0.1, 0.15) is 0 Å². The van der Waals surface area contributed by atoms with E-state index in [-0.39, 0.29) is 5.56 Å². The number of nitrogens with zero attached hydrogens (tertiary/aromatic N) is 2. The van der Waals surface area contributed by atoms with Crippen LogP contribution in [0.4, 0.5) is 11.6 Å². The molecule has 3 aromatic rings. The van der Waals surface area contributed by atoms with Gasteiger partial charge in [0.25, 0.3) is 5.56 Å². The number of aromatic amines is 1. The van der Waals surface area contributed by atoms with Crippen molar-refractivity contribution in [2.24, 2.45) is 0 Å². The molecule has 0 unspecified atom stereocenters. The van der Waals surface area contributed by atoms with Crippen molar-refractivity contribution >= 4 is 11.6 Å². The topological polar surface area (TPSA) is 70.7 Å². The molecule has 0 aliphatic heterocycles. The Bertz CT molecular complexity index is 827. The van der Waals surface area contributed by atoms with Gasteiger partial charge in [0.15, 0.2) is 5.69 Å². The van der Waals surface area contributed by atoms with Gasteiger partial charge in [0.05, 0.1) is 0 Å². The third-order valence-electron chi connectivity index (χ3n) is 3.40. The van der Waals surface area contributed by atoms with Crippen LogP contribution in [-0.2, 0) is 6.42 Å². The molecule has 22 heavy (non-hydrogen) atoms. The molecule has 2 N–H and O–H groups in total. The molecular formula is C17H16N4O. The average molecular weight is 292 g/mol. The van der Waals surface area contributed by atoms with Crippen molar-refractivity contribution in [3.63, 3.8) is 0 Å². The number of anilines is 2. The largest absolute Gasteiger partial charge is 0.324 e. The molecule has 3 rings (SSSR count). The molecule has 1 aromatic heterocycles. The van der Waals surface area contributed by atoms with Gasteiger partial charge in [0, 0.05) is 11.3 Å². The maximum absolute atomic E-state index is 12.2. The summed E-state index contributed by atoms with van der Waals surface area (Å²) in [6, 6.07) is 17.2. The zero-order chi connectivity index (χ0) is 15.4. The van der Waals surface area contributed by atoms with E-state index in [1.165, 1.54) is 0 Å². The van der Waals surface area contributed by atoms with Crippen LogP contribution < -0.4 is 10.9 Å². The van der Waals surface area contributed by atoms with E-state index in [9.17, 15) is 4.79 Å².